The van der Waals surface area contributed by atoms with Crippen LogP contribution in [0.5, 0.6) is 5.75 Å². The second kappa shape index (κ2) is 6.64. The summed E-state index contributed by atoms with van der Waals surface area (Å²) in [5, 5.41) is -0.108. The van der Waals surface area contributed by atoms with Crippen molar-refractivity contribution >= 4 is 27.5 Å². The van der Waals surface area contributed by atoms with Gasteiger partial charge in [-0.1, -0.05) is 45.8 Å². The first-order valence-electron chi connectivity index (χ1n) is 6.55. The van der Waals surface area contributed by atoms with Gasteiger partial charge >= 0.3 is 0 Å². The Kier molecular flexibility index (Phi) is 5.11. The van der Waals surface area contributed by atoms with Crippen molar-refractivity contribution in [3.63, 3.8) is 0 Å². The van der Waals surface area contributed by atoms with E-state index in [1.165, 1.54) is 11.1 Å². The minimum atomic E-state index is -0.108. The second-order valence-electron chi connectivity index (χ2n) is 5.00. The Hall–Kier alpha value is -0.990. The Balaban J connectivity index is 2.29. The van der Waals surface area contributed by atoms with Gasteiger partial charge in [0.25, 0.3) is 0 Å². The normalized spacial score (nSPS) is 12.2. The highest BCUT2D eigenvalue weighted by atomic mass is 79.9. The van der Waals surface area contributed by atoms with Gasteiger partial charge in [-0.15, -0.1) is 11.6 Å². The maximum absolute atomic E-state index is 6.60. The Morgan fingerprint density at radius 3 is 2.60 bits per heavy atom. The molecule has 3 heteroatoms. The van der Waals surface area contributed by atoms with Gasteiger partial charge in [-0.2, -0.15) is 0 Å². The van der Waals surface area contributed by atoms with E-state index < -0.39 is 0 Å². The molecule has 0 aliphatic rings. The molecule has 0 aliphatic heterocycles. The third-order valence-electron chi connectivity index (χ3n) is 3.35. The van der Waals surface area contributed by atoms with Crippen molar-refractivity contribution < 1.29 is 4.74 Å². The quantitative estimate of drug-likeness (QED) is 0.650. The van der Waals surface area contributed by atoms with Crippen molar-refractivity contribution in [2.75, 3.05) is 7.11 Å². The molecule has 0 aromatic heterocycles. The molecular formula is C17H18BrClO. The molecule has 1 atom stereocenters. The van der Waals surface area contributed by atoms with Crippen LogP contribution in [0.2, 0.25) is 0 Å². The number of hydrogen-bond acceptors (Lipinski definition) is 1. The van der Waals surface area contributed by atoms with Crippen LogP contribution in [-0.4, -0.2) is 7.11 Å². The van der Waals surface area contributed by atoms with Crippen molar-refractivity contribution in [2.24, 2.45) is 0 Å². The molecule has 1 nitrogen and oxygen atoms in total. The van der Waals surface area contributed by atoms with Gasteiger partial charge in [-0.3, -0.25) is 0 Å². The minimum absolute atomic E-state index is 0.108. The average molecular weight is 354 g/mol. The topological polar surface area (TPSA) is 9.23 Å². The van der Waals surface area contributed by atoms with Crippen LogP contribution in [-0.2, 0) is 6.42 Å². The molecule has 0 saturated heterocycles. The third-order valence-corrected chi connectivity index (χ3v) is 4.59. The Bertz CT molecular complexity index is 610. The lowest BCUT2D eigenvalue weighted by atomic mass is 10.0. The van der Waals surface area contributed by atoms with E-state index in [9.17, 15) is 0 Å². The third kappa shape index (κ3) is 3.56. The highest BCUT2D eigenvalue weighted by Crippen LogP contribution is 2.36. The summed E-state index contributed by atoms with van der Waals surface area (Å²) < 4.78 is 6.52. The molecular weight excluding hydrogens is 336 g/mol. The molecule has 20 heavy (non-hydrogen) atoms. The van der Waals surface area contributed by atoms with E-state index in [0.29, 0.717) is 0 Å². The molecule has 0 fully saturated rings. The smallest absolute Gasteiger partial charge is 0.123 e. The number of alkyl halides is 1. The van der Waals surface area contributed by atoms with Crippen LogP contribution in [0.4, 0.5) is 0 Å². The summed E-state index contributed by atoms with van der Waals surface area (Å²) in [6.45, 7) is 4.13. The zero-order valence-electron chi connectivity index (χ0n) is 11.9. The number of halogens is 2. The number of hydrogen-bond donors (Lipinski definition) is 0. The van der Waals surface area contributed by atoms with E-state index in [0.717, 1.165) is 27.8 Å². The second-order valence-corrected chi connectivity index (χ2v) is 6.39. The number of aryl methyl sites for hydroxylation is 2. The maximum atomic E-state index is 6.60. The minimum Gasteiger partial charge on any atom is -0.496 e. The fraction of sp³-hybridized carbons (Fsp3) is 0.294. The fourth-order valence-corrected chi connectivity index (χ4v) is 2.96. The first kappa shape index (κ1) is 15.4. The van der Waals surface area contributed by atoms with E-state index in [4.69, 9.17) is 16.3 Å². The van der Waals surface area contributed by atoms with Gasteiger partial charge < -0.3 is 4.74 Å². The van der Waals surface area contributed by atoms with Gasteiger partial charge in [0.15, 0.2) is 0 Å². The summed E-state index contributed by atoms with van der Waals surface area (Å²) in [5.41, 5.74) is 4.66. The summed E-state index contributed by atoms with van der Waals surface area (Å²) in [5.74, 6) is 0.846. The lowest BCUT2D eigenvalue weighted by molar-refractivity contribution is 0.408. The molecule has 0 amide bonds. The molecule has 2 rings (SSSR count). The standard InChI is InChI=1S/C17H18BrClO/c1-11-5-4-6-13(7-11)9-16(19)14-10-15(18)12(2)8-17(14)20-3/h4-8,10,16H,9H2,1-3H3. The first-order valence-corrected chi connectivity index (χ1v) is 7.78. The molecule has 106 valence electrons. The lowest BCUT2D eigenvalue weighted by Gasteiger charge is -2.16. The van der Waals surface area contributed by atoms with Crippen LogP contribution in [0, 0.1) is 13.8 Å². The maximum Gasteiger partial charge on any atom is 0.123 e. The summed E-state index contributed by atoms with van der Waals surface area (Å²) in [7, 11) is 1.68. The van der Waals surface area contributed by atoms with Crippen molar-refractivity contribution in [1.29, 1.82) is 0 Å². The molecule has 2 aromatic carbocycles. The summed E-state index contributed by atoms with van der Waals surface area (Å²) >= 11 is 10.2. The van der Waals surface area contributed by atoms with Gasteiger partial charge in [0.05, 0.1) is 12.5 Å². The lowest BCUT2D eigenvalue weighted by Crippen LogP contribution is -2.00. The van der Waals surface area contributed by atoms with Gasteiger partial charge in [-0.25, -0.2) is 0 Å². The van der Waals surface area contributed by atoms with Crippen molar-refractivity contribution in [3.8, 4) is 5.75 Å². The van der Waals surface area contributed by atoms with E-state index in [-0.39, 0.29) is 5.38 Å². The zero-order valence-corrected chi connectivity index (χ0v) is 14.3. The largest absolute Gasteiger partial charge is 0.496 e. The van der Waals surface area contributed by atoms with Gasteiger partial charge in [-0.05, 0) is 43.5 Å². The molecule has 0 heterocycles. The van der Waals surface area contributed by atoms with Gasteiger partial charge in [0.2, 0.25) is 0 Å². The van der Waals surface area contributed by atoms with Gasteiger partial charge in [0, 0.05) is 10.0 Å². The van der Waals surface area contributed by atoms with Crippen LogP contribution >= 0.6 is 27.5 Å². The average Bonchev–Trinajstić information content (AvgIpc) is 2.41. The Morgan fingerprint density at radius 1 is 1.20 bits per heavy atom. The number of ether oxygens (including phenoxy) is 1. The molecule has 0 aliphatic carbocycles. The molecule has 0 saturated carbocycles. The van der Waals surface area contributed by atoms with E-state index in [2.05, 4.69) is 53.2 Å². The molecule has 2 aromatic rings. The molecule has 0 radical (unpaired) electrons. The highest BCUT2D eigenvalue weighted by Gasteiger charge is 2.16. The molecule has 0 spiro atoms. The van der Waals surface area contributed by atoms with E-state index >= 15 is 0 Å². The van der Waals surface area contributed by atoms with Crippen LogP contribution < -0.4 is 4.74 Å². The summed E-state index contributed by atoms with van der Waals surface area (Å²) in [6, 6.07) is 12.5. The molecule has 1 unspecified atom stereocenters. The molecule has 0 bridgehead atoms. The first-order chi connectivity index (χ1) is 9.51. The van der Waals surface area contributed by atoms with E-state index in [1.807, 2.05) is 13.0 Å². The monoisotopic (exact) mass is 352 g/mol. The zero-order chi connectivity index (χ0) is 14.7. The van der Waals surface area contributed by atoms with Crippen LogP contribution in [0.25, 0.3) is 0 Å². The summed E-state index contributed by atoms with van der Waals surface area (Å²) in [6.07, 6.45) is 0.787. The van der Waals surface area contributed by atoms with Crippen LogP contribution in [0.3, 0.4) is 0 Å². The highest BCUT2D eigenvalue weighted by molar-refractivity contribution is 9.10. The van der Waals surface area contributed by atoms with Crippen LogP contribution in [0.1, 0.15) is 27.6 Å². The van der Waals surface area contributed by atoms with Crippen molar-refractivity contribution in [3.05, 3.63) is 63.1 Å². The van der Waals surface area contributed by atoms with Crippen LogP contribution in [0.15, 0.2) is 40.9 Å². The number of rotatable bonds is 4. The Labute approximate surface area is 134 Å². The van der Waals surface area contributed by atoms with E-state index in [1.54, 1.807) is 7.11 Å². The van der Waals surface area contributed by atoms with Gasteiger partial charge in [0.1, 0.15) is 5.75 Å². The fourth-order valence-electron chi connectivity index (χ4n) is 2.25. The Morgan fingerprint density at radius 2 is 1.95 bits per heavy atom. The predicted molar refractivity (Wildman–Crippen MR) is 88.9 cm³/mol. The number of methoxy groups -OCH3 is 1. The SMILES string of the molecule is COc1cc(C)c(Br)cc1C(Cl)Cc1cccc(C)c1. The predicted octanol–water partition coefficient (Wildman–Crippen LogP) is 5.60. The molecule has 0 N–H and O–H groups in total. The van der Waals surface area contributed by atoms with Crippen molar-refractivity contribution in [2.45, 2.75) is 25.6 Å². The summed E-state index contributed by atoms with van der Waals surface area (Å²) in [4.78, 5) is 0. The van der Waals surface area contributed by atoms with Crippen molar-refractivity contribution in [1.82, 2.24) is 0 Å². The number of benzene rings is 2.